The first kappa shape index (κ1) is 26.6. The fourth-order valence-electron chi connectivity index (χ4n) is 4.89. The third-order valence-electron chi connectivity index (χ3n) is 7.42. The van der Waals surface area contributed by atoms with Gasteiger partial charge in [0, 0.05) is 38.5 Å². The van der Waals surface area contributed by atoms with E-state index >= 15 is 0 Å². The Bertz CT molecular complexity index is 1380. The number of tetrazole rings is 1. The zero-order chi connectivity index (χ0) is 27.0. The molecule has 0 N–H and O–H groups in total. The summed E-state index contributed by atoms with van der Waals surface area (Å²) in [5.74, 6) is 1.77. The van der Waals surface area contributed by atoms with Crippen molar-refractivity contribution in [3.8, 4) is 11.4 Å². The Kier molecular flexibility index (Phi) is 7.23. The molecule has 0 atom stereocenters. The molecule has 10 heteroatoms. The predicted molar refractivity (Wildman–Crippen MR) is 150 cm³/mol. The Balaban J connectivity index is 1.36. The third-order valence-corrected chi connectivity index (χ3v) is 9.13. The maximum atomic E-state index is 6.20. The number of benzene rings is 1. The number of ether oxygens (including phenoxy) is 2. The fraction of sp³-hybridized carbons (Fsp3) is 0.536. The molecule has 202 valence electrons. The molecule has 1 aliphatic carbocycles. The minimum absolute atomic E-state index is 0.142. The Morgan fingerprint density at radius 2 is 1.79 bits per heavy atom. The highest BCUT2D eigenvalue weighted by Gasteiger charge is 2.50. The molecule has 1 aliphatic rings. The van der Waals surface area contributed by atoms with E-state index in [0.29, 0.717) is 0 Å². The van der Waals surface area contributed by atoms with Crippen molar-refractivity contribution in [2.75, 3.05) is 13.4 Å². The minimum atomic E-state index is -1.13. The highest BCUT2D eigenvalue weighted by atomic mass is 28.3. The van der Waals surface area contributed by atoms with Crippen molar-refractivity contribution in [3.05, 3.63) is 59.5 Å². The molecule has 9 nitrogen and oxygen atoms in total. The van der Waals surface area contributed by atoms with Gasteiger partial charge in [0.1, 0.15) is 12.6 Å². The largest absolute Gasteiger partial charge is 0.356 e. The van der Waals surface area contributed by atoms with E-state index in [1.165, 1.54) is 5.56 Å². The Morgan fingerprint density at radius 3 is 2.47 bits per heavy atom. The van der Waals surface area contributed by atoms with E-state index < -0.39 is 13.7 Å². The highest BCUT2D eigenvalue weighted by Crippen LogP contribution is 2.53. The lowest BCUT2D eigenvalue weighted by Crippen LogP contribution is -2.26. The number of nitrogens with zero attached hydrogens (tertiary/aromatic N) is 7. The Labute approximate surface area is 225 Å². The van der Waals surface area contributed by atoms with E-state index in [2.05, 4.69) is 108 Å². The second-order valence-corrected chi connectivity index (χ2v) is 17.6. The van der Waals surface area contributed by atoms with Crippen LogP contribution in [0.15, 0.2) is 42.6 Å². The van der Waals surface area contributed by atoms with E-state index in [1.54, 1.807) is 0 Å². The first-order chi connectivity index (χ1) is 18.1. The summed E-state index contributed by atoms with van der Waals surface area (Å²) >= 11 is 0. The monoisotopic (exact) mass is 533 g/mol. The number of hydrogen-bond donors (Lipinski definition) is 0. The summed E-state index contributed by atoms with van der Waals surface area (Å²) in [7, 11) is -1.13. The maximum absolute atomic E-state index is 6.20. The molecule has 0 unspecified atom stereocenters. The van der Waals surface area contributed by atoms with Crippen molar-refractivity contribution in [1.82, 2.24) is 34.8 Å². The van der Waals surface area contributed by atoms with Crippen molar-refractivity contribution in [1.29, 1.82) is 0 Å². The zero-order valence-electron chi connectivity index (χ0n) is 23.4. The Morgan fingerprint density at radius 1 is 1.03 bits per heavy atom. The lowest BCUT2D eigenvalue weighted by atomic mass is 9.93. The molecule has 0 bridgehead atoms. The van der Waals surface area contributed by atoms with Crippen LogP contribution in [0, 0.1) is 0 Å². The molecular formula is C28H39N7O2Si. The first-order valence-electron chi connectivity index (χ1n) is 13.6. The lowest BCUT2D eigenvalue weighted by molar-refractivity contribution is -0.128. The van der Waals surface area contributed by atoms with Crippen LogP contribution in [0.1, 0.15) is 57.0 Å². The summed E-state index contributed by atoms with van der Waals surface area (Å²) in [5, 5.41) is 21.6. The second-order valence-electron chi connectivity index (χ2n) is 12.0. The summed E-state index contributed by atoms with van der Waals surface area (Å²) in [5.41, 5.74) is 3.38. The molecule has 1 saturated carbocycles. The number of aromatic nitrogens is 7. The van der Waals surface area contributed by atoms with E-state index in [0.717, 1.165) is 66.9 Å². The molecule has 1 fully saturated rings. The van der Waals surface area contributed by atoms with Crippen LogP contribution in [0.25, 0.3) is 17.0 Å². The molecule has 3 aromatic heterocycles. The lowest BCUT2D eigenvalue weighted by Gasteiger charge is -2.26. The van der Waals surface area contributed by atoms with Gasteiger partial charge in [0.05, 0.1) is 11.0 Å². The van der Waals surface area contributed by atoms with Gasteiger partial charge < -0.3 is 9.47 Å². The van der Waals surface area contributed by atoms with Gasteiger partial charge in [-0.3, -0.25) is 4.40 Å². The van der Waals surface area contributed by atoms with Gasteiger partial charge >= 0.3 is 0 Å². The molecule has 0 aliphatic heterocycles. The number of rotatable bonds is 12. The first-order valence-corrected chi connectivity index (χ1v) is 17.3. The van der Waals surface area contributed by atoms with Gasteiger partial charge in [0.2, 0.25) is 0 Å². The molecule has 5 rings (SSSR count). The summed E-state index contributed by atoms with van der Waals surface area (Å²) < 4.78 is 16.0. The summed E-state index contributed by atoms with van der Waals surface area (Å²) in [6.07, 6.45) is 5.11. The van der Waals surface area contributed by atoms with E-state index in [1.807, 2.05) is 4.68 Å². The van der Waals surface area contributed by atoms with Crippen molar-refractivity contribution in [2.45, 2.75) is 83.3 Å². The molecule has 0 amide bonds. The van der Waals surface area contributed by atoms with Gasteiger partial charge in [-0.2, -0.15) is 0 Å². The summed E-state index contributed by atoms with van der Waals surface area (Å²) in [4.78, 5) is 0. The van der Waals surface area contributed by atoms with Crippen molar-refractivity contribution in [2.24, 2.45) is 0 Å². The van der Waals surface area contributed by atoms with E-state index in [-0.39, 0.29) is 12.2 Å². The molecule has 4 aromatic rings. The van der Waals surface area contributed by atoms with Gasteiger partial charge in [-0.1, -0.05) is 56.9 Å². The van der Waals surface area contributed by atoms with Crippen LogP contribution in [-0.2, 0) is 27.0 Å². The van der Waals surface area contributed by atoms with E-state index in [4.69, 9.17) is 14.6 Å². The normalized spacial score (nSPS) is 15.3. The SMILES string of the molecule is CCCn1nnnc1-c1ccc(C2(c3nnc4c(C(C)(C)OCOCC[Si](C)(C)C)cccn34)CC2)cc1. The van der Waals surface area contributed by atoms with Gasteiger partial charge in [-0.05, 0) is 61.2 Å². The van der Waals surface area contributed by atoms with Crippen LogP contribution >= 0.6 is 0 Å². The molecule has 0 saturated heterocycles. The Hall–Kier alpha value is -2.95. The van der Waals surface area contributed by atoms with Crippen LogP contribution < -0.4 is 0 Å². The number of pyridine rings is 1. The quantitative estimate of drug-likeness (QED) is 0.136. The molecular weight excluding hydrogens is 494 g/mol. The van der Waals surface area contributed by atoms with Gasteiger partial charge in [-0.25, -0.2) is 4.68 Å². The third kappa shape index (κ3) is 5.30. The molecule has 0 radical (unpaired) electrons. The zero-order valence-corrected chi connectivity index (χ0v) is 24.4. The highest BCUT2D eigenvalue weighted by molar-refractivity contribution is 6.76. The van der Waals surface area contributed by atoms with Crippen molar-refractivity contribution >= 4 is 13.7 Å². The van der Waals surface area contributed by atoms with Crippen LogP contribution in [0.5, 0.6) is 0 Å². The molecule has 1 aromatic carbocycles. The van der Waals surface area contributed by atoms with E-state index in [9.17, 15) is 0 Å². The molecule has 38 heavy (non-hydrogen) atoms. The van der Waals surface area contributed by atoms with Crippen LogP contribution in [0.3, 0.4) is 0 Å². The molecule has 3 heterocycles. The average molecular weight is 534 g/mol. The van der Waals surface area contributed by atoms with Crippen LogP contribution in [-0.4, -0.2) is 56.3 Å². The summed E-state index contributed by atoms with van der Waals surface area (Å²) in [6, 6.07) is 13.8. The average Bonchev–Trinajstić information content (AvgIpc) is 3.34. The molecule has 0 spiro atoms. The van der Waals surface area contributed by atoms with Crippen LogP contribution in [0.2, 0.25) is 25.7 Å². The topological polar surface area (TPSA) is 92.2 Å². The number of hydrogen-bond acceptors (Lipinski definition) is 7. The van der Waals surface area contributed by atoms with Crippen LogP contribution in [0.4, 0.5) is 0 Å². The minimum Gasteiger partial charge on any atom is -0.356 e. The summed E-state index contributed by atoms with van der Waals surface area (Å²) in [6.45, 7) is 15.1. The standard InChI is InChI=1S/C28H39N7O2Si/c1-7-16-35-24(30-32-33-35)21-10-12-22(13-11-21)28(14-15-28)26-31-29-25-23(9-8-17-34(25)26)27(2,3)37-20-36-18-19-38(4,5)6/h8-13,17H,7,14-16,18-20H2,1-6H3. The van der Waals surface area contributed by atoms with Crippen molar-refractivity contribution in [3.63, 3.8) is 0 Å². The van der Waals surface area contributed by atoms with Gasteiger partial charge in [-0.15, -0.1) is 15.3 Å². The van der Waals surface area contributed by atoms with Gasteiger partial charge in [0.15, 0.2) is 11.5 Å². The van der Waals surface area contributed by atoms with Gasteiger partial charge in [0.25, 0.3) is 0 Å². The second kappa shape index (κ2) is 10.3. The van der Waals surface area contributed by atoms with Crippen molar-refractivity contribution < 1.29 is 9.47 Å². The predicted octanol–water partition coefficient (Wildman–Crippen LogP) is 5.44. The maximum Gasteiger partial charge on any atom is 0.182 e. The smallest absolute Gasteiger partial charge is 0.182 e. The number of fused-ring (bicyclic) bond motifs is 1. The number of aryl methyl sites for hydroxylation is 1. The fourth-order valence-corrected chi connectivity index (χ4v) is 5.65.